The van der Waals surface area contributed by atoms with E-state index in [9.17, 15) is 4.79 Å². The van der Waals surface area contributed by atoms with Crippen LogP contribution in [0.1, 0.15) is 39.0 Å². The number of fused-ring (bicyclic) bond motifs is 2. The minimum Gasteiger partial charge on any atom is -0.493 e. The van der Waals surface area contributed by atoms with Crippen LogP contribution in [0.4, 0.5) is 0 Å². The molecular formula is C17H22O2. The molecule has 3 rings (SSSR count). The minimum absolute atomic E-state index is 0.00468. The quantitative estimate of drug-likeness (QED) is 0.802. The van der Waals surface area contributed by atoms with E-state index in [1.807, 2.05) is 30.3 Å². The van der Waals surface area contributed by atoms with Crippen LogP contribution in [-0.2, 0) is 4.79 Å². The number of Topliss-reactive ketones (excluding diaryl/α,β-unsaturated/α-hetero) is 1. The minimum atomic E-state index is 0.00468. The Morgan fingerprint density at radius 3 is 2.79 bits per heavy atom. The van der Waals surface area contributed by atoms with Crippen LogP contribution in [0.5, 0.6) is 5.75 Å². The van der Waals surface area contributed by atoms with Crippen LogP contribution in [0.15, 0.2) is 30.3 Å². The Hall–Kier alpha value is -1.31. The molecule has 3 atom stereocenters. The van der Waals surface area contributed by atoms with Gasteiger partial charge in [-0.15, -0.1) is 0 Å². The first-order valence-electron chi connectivity index (χ1n) is 7.42. The van der Waals surface area contributed by atoms with Gasteiger partial charge in [-0.2, -0.15) is 0 Å². The van der Waals surface area contributed by atoms with Gasteiger partial charge in [-0.25, -0.2) is 0 Å². The van der Waals surface area contributed by atoms with Crippen LogP contribution >= 0.6 is 0 Å². The maximum Gasteiger partial charge on any atom is 0.142 e. The molecule has 0 spiro atoms. The lowest BCUT2D eigenvalue weighted by Gasteiger charge is -2.31. The molecule has 19 heavy (non-hydrogen) atoms. The summed E-state index contributed by atoms with van der Waals surface area (Å²) in [5.74, 6) is 2.69. The highest BCUT2D eigenvalue weighted by molar-refractivity contribution is 5.86. The van der Waals surface area contributed by atoms with Crippen molar-refractivity contribution < 1.29 is 9.53 Å². The molecule has 0 aromatic heterocycles. The molecule has 1 aromatic rings. The lowest BCUT2D eigenvalue weighted by Crippen LogP contribution is -2.33. The zero-order valence-corrected chi connectivity index (χ0v) is 11.6. The Bertz CT molecular complexity index is 454. The summed E-state index contributed by atoms with van der Waals surface area (Å²) < 4.78 is 5.65. The number of carbonyl (C=O) groups is 1. The van der Waals surface area contributed by atoms with Crippen LogP contribution in [-0.4, -0.2) is 12.4 Å². The van der Waals surface area contributed by atoms with Gasteiger partial charge >= 0.3 is 0 Å². The van der Waals surface area contributed by atoms with E-state index in [1.54, 1.807) is 0 Å². The fraction of sp³-hybridized carbons (Fsp3) is 0.588. The molecule has 2 heteroatoms. The van der Waals surface area contributed by atoms with Gasteiger partial charge in [0.1, 0.15) is 11.5 Å². The van der Waals surface area contributed by atoms with Gasteiger partial charge in [0.25, 0.3) is 0 Å². The van der Waals surface area contributed by atoms with Gasteiger partial charge < -0.3 is 4.74 Å². The maximum atomic E-state index is 12.5. The van der Waals surface area contributed by atoms with E-state index in [0.717, 1.165) is 24.5 Å². The van der Waals surface area contributed by atoms with Crippen LogP contribution < -0.4 is 4.74 Å². The number of benzene rings is 1. The van der Waals surface area contributed by atoms with Crippen molar-refractivity contribution in [2.45, 2.75) is 39.0 Å². The first-order chi connectivity index (χ1) is 9.21. The predicted octanol–water partition coefficient (Wildman–Crippen LogP) is 3.85. The molecular weight excluding hydrogens is 236 g/mol. The van der Waals surface area contributed by atoms with Gasteiger partial charge in [0.05, 0.1) is 6.61 Å². The van der Waals surface area contributed by atoms with E-state index in [0.29, 0.717) is 24.7 Å². The van der Waals surface area contributed by atoms with Crippen molar-refractivity contribution in [2.75, 3.05) is 6.61 Å². The Balaban J connectivity index is 1.54. The van der Waals surface area contributed by atoms with E-state index >= 15 is 0 Å². The molecule has 102 valence electrons. The zero-order valence-electron chi connectivity index (χ0n) is 11.6. The molecule has 0 heterocycles. The summed E-state index contributed by atoms with van der Waals surface area (Å²) in [6.07, 6.45) is 5.33. The molecule has 0 N–H and O–H groups in total. The van der Waals surface area contributed by atoms with Crippen molar-refractivity contribution in [2.24, 2.45) is 17.3 Å². The van der Waals surface area contributed by atoms with Gasteiger partial charge in [0, 0.05) is 11.8 Å². The summed E-state index contributed by atoms with van der Waals surface area (Å²) >= 11 is 0. The molecule has 0 radical (unpaired) electrons. The highest BCUT2D eigenvalue weighted by Gasteiger charge is 2.53. The molecule has 2 saturated carbocycles. The normalized spacial score (nSPS) is 32.5. The van der Waals surface area contributed by atoms with E-state index in [-0.39, 0.29) is 5.41 Å². The number of ether oxygens (including phenoxy) is 1. The first-order valence-corrected chi connectivity index (χ1v) is 7.42. The number of hydrogen-bond acceptors (Lipinski definition) is 2. The van der Waals surface area contributed by atoms with E-state index in [2.05, 4.69) is 6.92 Å². The average molecular weight is 258 g/mol. The van der Waals surface area contributed by atoms with Gasteiger partial charge in [-0.3, -0.25) is 4.79 Å². The smallest absolute Gasteiger partial charge is 0.142 e. The fourth-order valence-corrected chi connectivity index (χ4v) is 4.11. The predicted molar refractivity (Wildman–Crippen MR) is 75.1 cm³/mol. The molecule has 2 aliphatic rings. The molecule has 3 unspecified atom stereocenters. The summed E-state index contributed by atoms with van der Waals surface area (Å²) in [6.45, 7) is 2.77. The lowest BCUT2D eigenvalue weighted by atomic mass is 9.72. The van der Waals surface area contributed by atoms with E-state index in [1.165, 1.54) is 12.8 Å². The van der Waals surface area contributed by atoms with E-state index in [4.69, 9.17) is 4.74 Å². The zero-order chi connectivity index (χ0) is 13.3. The van der Waals surface area contributed by atoms with Gasteiger partial charge in [-0.05, 0) is 49.7 Å². The molecule has 1 aromatic carbocycles. The van der Waals surface area contributed by atoms with Crippen molar-refractivity contribution in [3.8, 4) is 5.75 Å². The van der Waals surface area contributed by atoms with Crippen molar-refractivity contribution >= 4 is 5.78 Å². The van der Waals surface area contributed by atoms with Gasteiger partial charge in [0.15, 0.2) is 0 Å². The Morgan fingerprint density at radius 2 is 2.16 bits per heavy atom. The fourth-order valence-electron chi connectivity index (χ4n) is 4.11. The second-order valence-electron chi connectivity index (χ2n) is 6.24. The Labute approximate surface area is 115 Å². The van der Waals surface area contributed by atoms with E-state index < -0.39 is 0 Å². The van der Waals surface area contributed by atoms with Crippen LogP contribution in [0, 0.1) is 17.3 Å². The number of rotatable bonds is 5. The van der Waals surface area contributed by atoms with Gasteiger partial charge in [0.2, 0.25) is 0 Å². The summed E-state index contributed by atoms with van der Waals surface area (Å²) in [5.41, 5.74) is 0.00468. The summed E-state index contributed by atoms with van der Waals surface area (Å²) in [6, 6.07) is 9.75. The third-order valence-corrected chi connectivity index (χ3v) is 5.18. The first kappa shape index (κ1) is 12.7. The topological polar surface area (TPSA) is 26.3 Å². The number of ketones is 1. The number of para-hydroxylation sites is 1. The highest BCUT2D eigenvalue weighted by Crippen LogP contribution is 2.58. The van der Waals surface area contributed by atoms with Crippen molar-refractivity contribution in [1.82, 2.24) is 0 Å². The number of hydrogen-bond donors (Lipinski definition) is 0. The van der Waals surface area contributed by atoms with Crippen molar-refractivity contribution in [1.29, 1.82) is 0 Å². The molecule has 0 aliphatic heterocycles. The number of carbonyl (C=O) groups excluding carboxylic acids is 1. The highest BCUT2D eigenvalue weighted by atomic mass is 16.5. The third kappa shape index (κ3) is 2.29. The second kappa shape index (κ2) is 4.99. The van der Waals surface area contributed by atoms with Crippen molar-refractivity contribution in [3.63, 3.8) is 0 Å². The monoisotopic (exact) mass is 258 g/mol. The molecule has 2 aliphatic carbocycles. The summed E-state index contributed by atoms with van der Waals surface area (Å²) in [7, 11) is 0. The van der Waals surface area contributed by atoms with Crippen molar-refractivity contribution in [3.05, 3.63) is 30.3 Å². The Morgan fingerprint density at radius 1 is 1.37 bits per heavy atom. The summed E-state index contributed by atoms with van der Waals surface area (Å²) in [5, 5.41) is 0. The lowest BCUT2D eigenvalue weighted by molar-refractivity contribution is -0.131. The van der Waals surface area contributed by atoms with Gasteiger partial charge in [-0.1, -0.05) is 25.1 Å². The Kier molecular flexibility index (Phi) is 3.34. The third-order valence-electron chi connectivity index (χ3n) is 5.18. The van der Waals surface area contributed by atoms with Crippen LogP contribution in [0.2, 0.25) is 0 Å². The van der Waals surface area contributed by atoms with Crippen LogP contribution in [0.3, 0.4) is 0 Å². The largest absolute Gasteiger partial charge is 0.493 e. The SMILES string of the molecule is CC1CC2CCC1(C(=O)CCOc1ccccc1)C2. The molecule has 2 nitrogen and oxygen atoms in total. The molecule has 2 fully saturated rings. The molecule has 0 amide bonds. The second-order valence-corrected chi connectivity index (χ2v) is 6.24. The standard InChI is InChI=1S/C17H22O2/c1-13-11-14-7-9-17(13,12-14)16(18)8-10-19-15-5-3-2-4-6-15/h2-6,13-14H,7-12H2,1H3. The average Bonchev–Trinajstić information content (AvgIpc) is 2.98. The molecule has 0 saturated heterocycles. The summed E-state index contributed by atoms with van der Waals surface area (Å²) in [4.78, 5) is 12.5. The maximum absolute atomic E-state index is 12.5. The van der Waals surface area contributed by atoms with Crippen LogP contribution in [0.25, 0.3) is 0 Å². The molecule has 2 bridgehead atoms.